The Labute approximate surface area is 165 Å². The third-order valence-corrected chi connectivity index (χ3v) is 5.88. The highest BCUT2D eigenvalue weighted by Crippen LogP contribution is 2.28. The Bertz CT molecular complexity index is 1210. The third-order valence-electron chi connectivity index (χ3n) is 4.79. The summed E-state index contributed by atoms with van der Waals surface area (Å²) in [5, 5.41) is 3.80. The number of hydrogen-bond donors (Lipinski definition) is 1. The van der Waals surface area contributed by atoms with Crippen LogP contribution in [-0.2, 0) is 11.3 Å². The highest BCUT2D eigenvalue weighted by molar-refractivity contribution is 7.25. The number of nitrogens with one attached hydrogen (secondary N) is 1. The number of hydrogen-bond acceptors (Lipinski definition) is 5. The molecule has 1 aromatic carbocycles. The van der Waals surface area contributed by atoms with Crippen LogP contribution in [0.1, 0.15) is 30.5 Å². The number of rotatable bonds is 5. The number of fused-ring (bicyclic) bond motifs is 3. The fourth-order valence-electron chi connectivity index (χ4n) is 3.23. The first-order valence-corrected chi connectivity index (χ1v) is 9.97. The van der Waals surface area contributed by atoms with E-state index in [0.29, 0.717) is 23.2 Å². The molecular weight excluding hydrogens is 372 g/mol. The Hall–Kier alpha value is -3.06. The Morgan fingerprint density at radius 3 is 2.75 bits per heavy atom. The van der Waals surface area contributed by atoms with Gasteiger partial charge in [0.15, 0.2) is 0 Å². The predicted molar refractivity (Wildman–Crippen MR) is 112 cm³/mol. The lowest BCUT2D eigenvalue weighted by Gasteiger charge is -2.17. The van der Waals surface area contributed by atoms with Crippen LogP contribution < -0.4 is 10.9 Å². The molecule has 6 nitrogen and oxygen atoms in total. The molecule has 0 aliphatic heterocycles. The molecule has 7 heteroatoms. The summed E-state index contributed by atoms with van der Waals surface area (Å²) >= 11 is 1.31. The second-order valence-corrected chi connectivity index (χ2v) is 7.72. The lowest BCUT2D eigenvalue weighted by Crippen LogP contribution is -2.36. The maximum Gasteiger partial charge on any atom is 0.272 e. The van der Waals surface area contributed by atoms with Crippen molar-refractivity contribution in [3.63, 3.8) is 0 Å². The molecule has 0 unspecified atom stereocenters. The van der Waals surface area contributed by atoms with Gasteiger partial charge in [-0.2, -0.15) is 0 Å². The fraction of sp³-hybridized carbons (Fsp3) is 0.238. The summed E-state index contributed by atoms with van der Waals surface area (Å²) in [5.74, 6) is -0.189. The molecule has 142 valence electrons. The lowest BCUT2D eigenvalue weighted by atomic mass is 10.1. The van der Waals surface area contributed by atoms with E-state index in [1.807, 2.05) is 50.2 Å². The van der Waals surface area contributed by atoms with E-state index in [1.165, 1.54) is 27.8 Å². The number of benzene rings is 1. The number of carbonyl (C=O) groups excluding carboxylic acids is 1. The smallest absolute Gasteiger partial charge is 0.272 e. The average molecular weight is 392 g/mol. The van der Waals surface area contributed by atoms with Crippen LogP contribution in [0.25, 0.3) is 20.4 Å². The maximum atomic E-state index is 13.0. The van der Waals surface area contributed by atoms with Crippen LogP contribution in [-0.4, -0.2) is 20.4 Å². The largest absolute Gasteiger partial charge is 0.350 e. The Kier molecular flexibility index (Phi) is 4.92. The van der Waals surface area contributed by atoms with Crippen molar-refractivity contribution < 1.29 is 4.79 Å². The molecule has 1 atom stereocenters. The standard InChI is InChI=1S/C21H20N4O2S/c1-3-16(19(26)23-11-14-8-6-13(2)7-9-14)25-12-24-17-15-5-4-10-22-20(15)28-18(17)21(25)27/h4-10,12,16H,3,11H2,1-2H3,(H,23,26)/t16-/m0/s1. The van der Waals surface area contributed by atoms with Gasteiger partial charge < -0.3 is 5.32 Å². The Morgan fingerprint density at radius 2 is 2.00 bits per heavy atom. The zero-order chi connectivity index (χ0) is 19.7. The minimum absolute atomic E-state index is 0.189. The number of aryl methyl sites for hydroxylation is 1. The molecule has 0 spiro atoms. The molecule has 0 aliphatic carbocycles. The van der Waals surface area contributed by atoms with Gasteiger partial charge in [0.1, 0.15) is 15.6 Å². The van der Waals surface area contributed by atoms with E-state index in [0.717, 1.165) is 15.8 Å². The Morgan fingerprint density at radius 1 is 1.21 bits per heavy atom. The van der Waals surface area contributed by atoms with Gasteiger partial charge in [0.25, 0.3) is 5.56 Å². The van der Waals surface area contributed by atoms with E-state index in [4.69, 9.17) is 0 Å². The highest BCUT2D eigenvalue weighted by Gasteiger charge is 2.22. The molecule has 28 heavy (non-hydrogen) atoms. The van der Waals surface area contributed by atoms with Gasteiger partial charge in [0, 0.05) is 18.1 Å². The van der Waals surface area contributed by atoms with Gasteiger partial charge in [0.05, 0.1) is 11.8 Å². The predicted octanol–water partition coefficient (Wildman–Crippen LogP) is 3.58. The minimum atomic E-state index is -0.604. The Balaban J connectivity index is 1.63. The van der Waals surface area contributed by atoms with E-state index in [9.17, 15) is 9.59 Å². The summed E-state index contributed by atoms with van der Waals surface area (Å²) in [7, 11) is 0. The van der Waals surface area contributed by atoms with Gasteiger partial charge in [-0.05, 0) is 31.0 Å². The normalized spacial score (nSPS) is 12.4. The van der Waals surface area contributed by atoms with Crippen LogP contribution in [0, 0.1) is 6.92 Å². The van der Waals surface area contributed by atoms with Crippen molar-refractivity contribution in [1.29, 1.82) is 0 Å². The molecule has 0 saturated heterocycles. The zero-order valence-electron chi connectivity index (χ0n) is 15.7. The number of nitrogens with zero attached hydrogens (tertiary/aromatic N) is 3. The zero-order valence-corrected chi connectivity index (χ0v) is 16.5. The van der Waals surface area contributed by atoms with Gasteiger partial charge in [0.2, 0.25) is 5.91 Å². The molecule has 3 aromatic heterocycles. The lowest BCUT2D eigenvalue weighted by molar-refractivity contribution is -0.124. The number of amides is 1. The van der Waals surface area contributed by atoms with Crippen LogP contribution in [0.15, 0.2) is 53.7 Å². The van der Waals surface area contributed by atoms with Crippen LogP contribution in [0.3, 0.4) is 0 Å². The van der Waals surface area contributed by atoms with Crippen LogP contribution in [0.5, 0.6) is 0 Å². The van der Waals surface area contributed by atoms with Gasteiger partial charge in [-0.25, -0.2) is 9.97 Å². The van der Waals surface area contributed by atoms with Crippen LogP contribution in [0.2, 0.25) is 0 Å². The second kappa shape index (κ2) is 7.52. The molecule has 4 rings (SSSR count). The second-order valence-electron chi connectivity index (χ2n) is 6.72. The molecule has 0 bridgehead atoms. The summed E-state index contributed by atoms with van der Waals surface area (Å²) in [6.45, 7) is 4.33. The maximum absolute atomic E-state index is 13.0. The first-order chi connectivity index (χ1) is 13.6. The quantitative estimate of drug-likeness (QED) is 0.563. The molecule has 1 N–H and O–H groups in total. The SMILES string of the molecule is CC[C@@H](C(=O)NCc1ccc(C)cc1)n1cnc2c(sc3ncccc32)c1=O. The van der Waals surface area contributed by atoms with Crippen LogP contribution in [0.4, 0.5) is 0 Å². The van der Waals surface area contributed by atoms with E-state index in [1.54, 1.807) is 6.20 Å². The molecule has 4 aromatic rings. The summed E-state index contributed by atoms with van der Waals surface area (Å²) in [6.07, 6.45) is 3.67. The van der Waals surface area contributed by atoms with Crippen molar-refractivity contribution in [1.82, 2.24) is 19.9 Å². The van der Waals surface area contributed by atoms with Gasteiger partial charge in [-0.1, -0.05) is 36.8 Å². The van der Waals surface area contributed by atoms with Crippen LogP contribution >= 0.6 is 11.3 Å². The molecular formula is C21H20N4O2S. The van der Waals surface area contributed by atoms with E-state index in [-0.39, 0.29) is 11.5 Å². The average Bonchev–Trinajstić information content (AvgIpc) is 3.09. The van der Waals surface area contributed by atoms with Crippen molar-refractivity contribution >= 4 is 37.7 Å². The minimum Gasteiger partial charge on any atom is -0.350 e. The van der Waals surface area contributed by atoms with Crippen molar-refractivity contribution in [3.05, 3.63) is 70.4 Å². The van der Waals surface area contributed by atoms with Crippen molar-refractivity contribution in [2.75, 3.05) is 0 Å². The number of thiophene rings is 1. The highest BCUT2D eigenvalue weighted by atomic mass is 32.1. The van der Waals surface area contributed by atoms with E-state index >= 15 is 0 Å². The van der Waals surface area contributed by atoms with Gasteiger partial charge in [-0.15, -0.1) is 11.3 Å². The summed E-state index contributed by atoms with van der Waals surface area (Å²) in [4.78, 5) is 35.4. The summed E-state index contributed by atoms with van der Waals surface area (Å²) in [5.41, 5.74) is 2.63. The van der Waals surface area contributed by atoms with Crippen molar-refractivity contribution in [2.24, 2.45) is 0 Å². The summed E-state index contributed by atoms with van der Waals surface area (Å²) in [6, 6.07) is 11.1. The molecule has 0 aliphatic rings. The molecule has 0 fully saturated rings. The first kappa shape index (κ1) is 18.3. The first-order valence-electron chi connectivity index (χ1n) is 9.16. The molecule has 3 heterocycles. The number of carbonyl (C=O) groups is 1. The molecule has 0 radical (unpaired) electrons. The van der Waals surface area contributed by atoms with E-state index < -0.39 is 6.04 Å². The van der Waals surface area contributed by atoms with Crippen molar-refractivity contribution in [3.8, 4) is 0 Å². The fourth-order valence-corrected chi connectivity index (χ4v) is 4.26. The molecule has 0 saturated carbocycles. The molecule has 1 amide bonds. The van der Waals surface area contributed by atoms with Crippen molar-refractivity contribution in [2.45, 2.75) is 32.9 Å². The van der Waals surface area contributed by atoms with Gasteiger partial charge in [-0.3, -0.25) is 14.2 Å². The number of aromatic nitrogens is 3. The monoisotopic (exact) mass is 392 g/mol. The third kappa shape index (κ3) is 3.29. The van der Waals surface area contributed by atoms with E-state index in [2.05, 4.69) is 15.3 Å². The number of pyridine rings is 1. The topological polar surface area (TPSA) is 76.9 Å². The summed E-state index contributed by atoms with van der Waals surface area (Å²) < 4.78 is 1.96. The van der Waals surface area contributed by atoms with Gasteiger partial charge >= 0.3 is 0 Å².